The van der Waals surface area contributed by atoms with Gasteiger partial charge >= 0.3 is 0 Å². The van der Waals surface area contributed by atoms with E-state index in [9.17, 15) is 15.2 Å². The molecule has 0 unspecified atom stereocenters. The standard InChI is InChI=1S/C11H8N4O3/c16-10-2-1-7-12-11(10)14-13-8-3-5-9(6-4-8)15(17)18/h1-7,16H. The Balaban J connectivity index is 2.19. The lowest BCUT2D eigenvalue weighted by Crippen LogP contribution is -1.85. The number of nitrogens with zero attached hydrogens (tertiary/aromatic N) is 4. The summed E-state index contributed by atoms with van der Waals surface area (Å²) in [6, 6.07) is 8.58. The lowest BCUT2D eigenvalue weighted by Gasteiger charge is -1.95. The Kier molecular flexibility index (Phi) is 3.24. The number of rotatable bonds is 3. The Morgan fingerprint density at radius 3 is 2.50 bits per heavy atom. The molecule has 7 nitrogen and oxygen atoms in total. The molecule has 0 atom stereocenters. The van der Waals surface area contributed by atoms with Gasteiger partial charge in [-0.2, -0.15) is 0 Å². The summed E-state index contributed by atoms with van der Waals surface area (Å²) in [6.45, 7) is 0. The number of aromatic nitrogens is 1. The van der Waals surface area contributed by atoms with Gasteiger partial charge in [0, 0.05) is 18.3 Å². The van der Waals surface area contributed by atoms with Crippen LogP contribution in [0.1, 0.15) is 0 Å². The Morgan fingerprint density at radius 2 is 1.89 bits per heavy atom. The zero-order valence-electron chi connectivity index (χ0n) is 9.09. The van der Waals surface area contributed by atoms with Gasteiger partial charge in [-0.1, -0.05) is 0 Å². The summed E-state index contributed by atoms with van der Waals surface area (Å²) in [5.74, 6) is 0.0130. The predicted octanol–water partition coefficient (Wildman–Crippen LogP) is 3.11. The van der Waals surface area contributed by atoms with E-state index in [4.69, 9.17) is 0 Å². The Morgan fingerprint density at radius 1 is 1.17 bits per heavy atom. The van der Waals surface area contributed by atoms with Crippen LogP contribution in [0.25, 0.3) is 0 Å². The maximum Gasteiger partial charge on any atom is 0.269 e. The van der Waals surface area contributed by atoms with Crippen molar-refractivity contribution in [2.75, 3.05) is 0 Å². The van der Waals surface area contributed by atoms with Gasteiger partial charge in [0.05, 0.1) is 10.6 Å². The van der Waals surface area contributed by atoms with Crippen LogP contribution in [0, 0.1) is 10.1 Å². The second-order valence-corrected chi connectivity index (χ2v) is 3.32. The molecule has 0 spiro atoms. The normalized spacial score (nSPS) is 10.7. The minimum Gasteiger partial charge on any atom is -0.504 e. The van der Waals surface area contributed by atoms with Crippen LogP contribution < -0.4 is 0 Å². The number of azo groups is 1. The Hall–Kier alpha value is -2.83. The number of hydrogen-bond donors (Lipinski definition) is 1. The van der Waals surface area contributed by atoms with Gasteiger partial charge in [-0.15, -0.1) is 10.2 Å². The van der Waals surface area contributed by atoms with E-state index in [0.29, 0.717) is 5.69 Å². The van der Waals surface area contributed by atoms with Crippen molar-refractivity contribution in [1.82, 2.24) is 4.98 Å². The van der Waals surface area contributed by atoms with E-state index in [1.165, 1.54) is 36.5 Å². The number of nitro benzene ring substituents is 1. The second kappa shape index (κ2) is 5.00. The van der Waals surface area contributed by atoms with Crippen molar-refractivity contribution in [3.05, 3.63) is 52.7 Å². The molecule has 1 heterocycles. The molecule has 0 fully saturated rings. The number of nitro groups is 1. The van der Waals surface area contributed by atoms with Gasteiger partial charge in [0.2, 0.25) is 5.82 Å². The summed E-state index contributed by atoms with van der Waals surface area (Å²) in [5.41, 5.74) is 0.417. The molecule has 1 aromatic carbocycles. The average molecular weight is 244 g/mol. The van der Waals surface area contributed by atoms with Gasteiger partial charge in [0.15, 0.2) is 5.75 Å². The van der Waals surface area contributed by atoms with Crippen molar-refractivity contribution in [2.24, 2.45) is 10.2 Å². The first-order valence-corrected chi connectivity index (χ1v) is 4.97. The first-order chi connectivity index (χ1) is 8.66. The van der Waals surface area contributed by atoms with Crippen LogP contribution in [0.2, 0.25) is 0 Å². The Labute approximate surface area is 102 Å². The number of benzene rings is 1. The molecule has 0 bridgehead atoms. The molecule has 0 aliphatic heterocycles. The third-order valence-electron chi connectivity index (χ3n) is 2.09. The zero-order chi connectivity index (χ0) is 13.0. The highest BCUT2D eigenvalue weighted by atomic mass is 16.6. The summed E-state index contributed by atoms with van der Waals surface area (Å²) in [6.07, 6.45) is 1.48. The molecule has 0 aliphatic carbocycles. The Bertz CT molecular complexity index is 595. The number of non-ortho nitro benzene ring substituents is 1. The second-order valence-electron chi connectivity index (χ2n) is 3.32. The highest BCUT2D eigenvalue weighted by molar-refractivity contribution is 5.46. The number of aromatic hydroxyl groups is 1. The van der Waals surface area contributed by atoms with E-state index >= 15 is 0 Å². The van der Waals surface area contributed by atoms with Crippen molar-refractivity contribution < 1.29 is 10.0 Å². The maximum atomic E-state index is 10.4. The van der Waals surface area contributed by atoms with Crippen LogP contribution >= 0.6 is 0 Å². The summed E-state index contributed by atoms with van der Waals surface area (Å²) >= 11 is 0. The lowest BCUT2D eigenvalue weighted by molar-refractivity contribution is -0.384. The predicted molar refractivity (Wildman–Crippen MR) is 63.2 cm³/mol. The summed E-state index contributed by atoms with van der Waals surface area (Å²) in [4.78, 5) is 13.8. The molecule has 1 N–H and O–H groups in total. The van der Waals surface area contributed by atoms with Gasteiger partial charge in [-0.25, -0.2) is 4.98 Å². The number of pyridine rings is 1. The van der Waals surface area contributed by atoms with Gasteiger partial charge in [-0.05, 0) is 24.3 Å². The van der Waals surface area contributed by atoms with E-state index in [1.54, 1.807) is 6.07 Å². The average Bonchev–Trinajstić information content (AvgIpc) is 2.38. The van der Waals surface area contributed by atoms with Crippen molar-refractivity contribution >= 4 is 17.2 Å². The largest absolute Gasteiger partial charge is 0.504 e. The molecule has 0 amide bonds. The molecule has 2 rings (SSSR count). The monoisotopic (exact) mass is 244 g/mol. The molecule has 90 valence electrons. The SMILES string of the molecule is O=[N+]([O-])c1ccc(N=Nc2ncccc2O)cc1. The van der Waals surface area contributed by atoms with Gasteiger partial charge in [0.1, 0.15) is 0 Å². The first kappa shape index (κ1) is 11.6. The summed E-state index contributed by atoms with van der Waals surface area (Å²) in [5, 5.41) is 27.4. The first-order valence-electron chi connectivity index (χ1n) is 4.97. The highest BCUT2D eigenvalue weighted by Crippen LogP contribution is 2.25. The number of hydrogen-bond acceptors (Lipinski definition) is 6. The molecule has 0 saturated heterocycles. The third-order valence-corrected chi connectivity index (χ3v) is 2.09. The zero-order valence-corrected chi connectivity index (χ0v) is 9.09. The van der Waals surface area contributed by atoms with Crippen molar-refractivity contribution in [3.63, 3.8) is 0 Å². The third kappa shape index (κ3) is 2.64. The summed E-state index contributed by atoms with van der Waals surface area (Å²) < 4.78 is 0. The van der Waals surface area contributed by atoms with E-state index in [0.717, 1.165) is 0 Å². The van der Waals surface area contributed by atoms with Crippen molar-refractivity contribution in [3.8, 4) is 5.75 Å². The fourth-order valence-corrected chi connectivity index (χ4v) is 1.21. The minimum atomic E-state index is -0.495. The van der Waals surface area contributed by atoms with Crippen LogP contribution in [0.15, 0.2) is 52.8 Å². The molecule has 0 saturated carbocycles. The molecule has 2 aromatic rings. The maximum absolute atomic E-state index is 10.4. The fraction of sp³-hybridized carbons (Fsp3) is 0. The van der Waals surface area contributed by atoms with Gasteiger partial charge < -0.3 is 5.11 Å². The van der Waals surface area contributed by atoms with Crippen LogP contribution in [0.3, 0.4) is 0 Å². The highest BCUT2D eigenvalue weighted by Gasteiger charge is 2.03. The van der Waals surface area contributed by atoms with E-state index in [1.807, 2.05) is 0 Å². The topological polar surface area (TPSA) is 101 Å². The lowest BCUT2D eigenvalue weighted by atomic mass is 10.3. The summed E-state index contributed by atoms with van der Waals surface area (Å²) in [7, 11) is 0. The van der Waals surface area contributed by atoms with E-state index in [-0.39, 0.29) is 17.3 Å². The van der Waals surface area contributed by atoms with Crippen molar-refractivity contribution in [2.45, 2.75) is 0 Å². The molecule has 1 aromatic heterocycles. The van der Waals surface area contributed by atoms with Crippen LogP contribution in [-0.2, 0) is 0 Å². The van der Waals surface area contributed by atoms with E-state index < -0.39 is 4.92 Å². The van der Waals surface area contributed by atoms with E-state index in [2.05, 4.69) is 15.2 Å². The van der Waals surface area contributed by atoms with Gasteiger partial charge in [-0.3, -0.25) is 10.1 Å². The quantitative estimate of drug-likeness (QED) is 0.509. The molecule has 0 radical (unpaired) electrons. The van der Waals surface area contributed by atoms with Crippen LogP contribution in [0.4, 0.5) is 17.2 Å². The molecular weight excluding hydrogens is 236 g/mol. The fourth-order valence-electron chi connectivity index (χ4n) is 1.21. The van der Waals surface area contributed by atoms with Crippen LogP contribution in [0.5, 0.6) is 5.75 Å². The van der Waals surface area contributed by atoms with Crippen molar-refractivity contribution in [1.29, 1.82) is 0 Å². The molecule has 7 heteroatoms. The molecule has 0 aliphatic rings. The minimum absolute atomic E-state index is 0.0189. The van der Waals surface area contributed by atoms with Gasteiger partial charge in [0.25, 0.3) is 5.69 Å². The van der Waals surface area contributed by atoms with Crippen LogP contribution in [-0.4, -0.2) is 15.0 Å². The molecular formula is C11H8N4O3. The smallest absolute Gasteiger partial charge is 0.269 e. The molecule has 18 heavy (non-hydrogen) atoms.